The Hall–Kier alpha value is -0.630. The molecule has 12 heavy (non-hydrogen) atoms. The summed E-state index contributed by atoms with van der Waals surface area (Å²) in [5, 5.41) is 3.04. The zero-order valence-electron chi connectivity index (χ0n) is 7.51. The van der Waals surface area contributed by atoms with E-state index in [0.717, 1.165) is 19.4 Å². The second kappa shape index (κ2) is 5.09. The van der Waals surface area contributed by atoms with E-state index < -0.39 is 0 Å². The van der Waals surface area contributed by atoms with Gasteiger partial charge in [0.05, 0.1) is 6.54 Å². The van der Waals surface area contributed by atoms with Gasteiger partial charge in [-0.05, 0) is 12.8 Å². The van der Waals surface area contributed by atoms with Crippen LogP contribution in [-0.2, 0) is 4.79 Å². The zero-order valence-corrected chi connectivity index (χ0v) is 7.51. The van der Waals surface area contributed by atoms with Gasteiger partial charge in [0.2, 0.25) is 0 Å². The fraction of sp³-hybridized carbons (Fsp3) is 0.700. The van der Waals surface area contributed by atoms with Crippen LogP contribution < -0.4 is 5.32 Å². The number of ketones is 1. The number of carbonyl (C=O) groups is 1. The normalized spacial score (nSPS) is 18.0. The first-order valence-corrected chi connectivity index (χ1v) is 4.69. The summed E-state index contributed by atoms with van der Waals surface area (Å²) in [4.78, 5) is 11.4. The molecule has 2 heteroatoms. The molecular weight excluding hydrogens is 150 g/mol. The first-order chi connectivity index (χ1) is 5.84. The highest BCUT2D eigenvalue weighted by Crippen LogP contribution is 2.24. The maximum Gasteiger partial charge on any atom is 0.149 e. The van der Waals surface area contributed by atoms with Crippen LogP contribution in [0.4, 0.5) is 0 Å². The van der Waals surface area contributed by atoms with Crippen LogP contribution >= 0.6 is 0 Å². The van der Waals surface area contributed by atoms with Crippen molar-refractivity contribution in [2.45, 2.75) is 25.7 Å². The van der Waals surface area contributed by atoms with E-state index in [1.165, 1.54) is 12.8 Å². The van der Waals surface area contributed by atoms with Crippen LogP contribution in [0.15, 0.2) is 12.7 Å². The second-order valence-electron chi connectivity index (χ2n) is 3.37. The van der Waals surface area contributed by atoms with Gasteiger partial charge in [-0.25, -0.2) is 0 Å². The number of hydrogen-bond acceptors (Lipinski definition) is 2. The van der Waals surface area contributed by atoms with Crippen LogP contribution in [0.25, 0.3) is 0 Å². The summed E-state index contributed by atoms with van der Waals surface area (Å²) in [6.45, 7) is 4.84. The van der Waals surface area contributed by atoms with E-state index in [2.05, 4.69) is 11.9 Å². The fourth-order valence-corrected chi connectivity index (χ4v) is 1.69. The summed E-state index contributed by atoms with van der Waals surface area (Å²) in [5.74, 6) is 0.733. The third-order valence-electron chi connectivity index (χ3n) is 2.40. The summed E-state index contributed by atoms with van der Waals surface area (Å²) in [6.07, 6.45) is 6.46. The molecule has 0 radical (unpaired) electrons. The molecule has 1 saturated carbocycles. The molecule has 0 heterocycles. The molecular formula is C10H17NO. The zero-order chi connectivity index (χ0) is 8.81. The molecule has 1 aliphatic rings. The van der Waals surface area contributed by atoms with Crippen molar-refractivity contribution in [1.29, 1.82) is 0 Å². The highest BCUT2D eigenvalue weighted by molar-refractivity contribution is 5.83. The molecule has 1 N–H and O–H groups in total. The first kappa shape index (κ1) is 9.46. The fourth-order valence-electron chi connectivity index (χ4n) is 1.69. The van der Waals surface area contributed by atoms with Gasteiger partial charge in [-0.1, -0.05) is 18.9 Å². The van der Waals surface area contributed by atoms with Crippen molar-refractivity contribution >= 4 is 5.78 Å². The molecule has 0 amide bonds. The van der Waals surface area contributed by atoms with Gasteiger partial charge in [-0.2, -0.15) is 0 Å². The monoisotopic (exact) mass is 167 g/mol. The largest absolute Gasteiger partial charge is 0.307 e. The minimum absolute atomic E-state index is 0.349. The van der Waals surface area contributed by atoms with E-state index in [1.807, 2.05) is 0 Å². The second-order valence-corrected chi connectivity index (χ2v) is 3.37. The average Bonchev–Trinajstić information content (AvgIpc) is 2.56. The molecule has 0 aromatic heterocycles. The predicted octanol–water partition coefficient (Wildman–Crippen LogP) is 1.52. The Bertz CT molecular complexity index is 159. The summed E-state index contributed by atoms with van der Waals surface area (Å²) in [5.41, 5.74) is 0. The third-order valence-corrected chi connectivity index (χ3v) is 2.40. The van der Waals surface area contributed by atoms with E-state index in [9.17, 15) is 4.79 Å². The van der Waals surface area contributed by atoms with Crippen molar-refractivity contribution in [2.24, 2.45) is 5.92 Å². The Labute approximate surface area is 74.0 Å². The van der Waals surface area contributed by atoms with Crippen molar-refractivity contribution in [3.8, 4) is 0 Å². The Morgan fingerprint density at radius 1 is 1.50 bits per heavy atom. The molecule has 2 nitrogen and oxygen atoms in total. The van der Waals surface area contributed by atoms with Gasteiger partial charge in [0.15, 0.2) is 0 Å². The molecule has 0 aromatic rings. The SMILES string of the molecule is C=CCNCC(=O)C1CCCC1. The Morgan fingerprint density at radius 2 is 2.17 bits per heavy atom. The van der Waals surface area contributed by atoms with Gasteiger partial charge in [0, 0.05) is 12.5 Å². The van der Waals surface area contributed by atoms with Gasteiger partial charge in [0.25, 0.3) is 0 Å². The lowest BCUT2D eigenvalue weighted by Crippen LogP contribution is -2.27. The van der Waals surface area contributed by atoms with E-state index in [1.54, 1.807) is 6.08 Å². The molecule has 1 rings (SSSR count). The van der Waals surface area contributed by atoms with Crippen LogP contribution in [0.1, 0.15) is 25.7 Å². The number of Topliss-reactive ketones (excluding diaryl/α,β-unsaturated/α-hetero) is 1. The van der Waals surface area contributed by atoms with Crippen LogP contribution in [0.2, 0.25) is 0 Å². The van der Waals surface area contributed by atoms with Crippen LogP contribution in [0.3, 0.4) is 0 Å². The standard InChI is InChI=1S/C10H17NO/c1-2-7-11-8-10(12)9-5-3-4-6-9/h2,9,11H,1,3-8H2. The molecule has 1 fully saturated rings. The van der Waals surface area contributed by atoms with Gasteiger partial charge < -0.3 is 5.32 Å². The predicted molar refractivity (Wildman–Crippen MR) is 50.0 cm³/mol. The van der Waals surface area contributed by atoms with E-state index in [4.69, 9.17) is 0 Å². The summed E-state index contributed by atoms with van der Waals surface area (Å²) in [6, 6.07) is 0. The molecule has 0 saturated heterocycles. The third kappa shape index (κ3) is 2.78. The highest BCUT2D eigenvalue weighted by atomic mass is 16.1. The molecule has 1 aliphatic carbocycles. The van der Waals surface area contributed by atoms with E-state index in [-0.39, 0.29) is 0 Å². The number of carbonyl (C=O) groups excluding carboxylic acids is 1. The Morgan fingerprint density at radius 3 is 2.75 bits per heavy atom. The Balaban J connectivity index is 2.14. The highest BCUT2D eigenvalue weighted by Gasteiger charge is 2.21. The van der Waals surface area contributed by atoms with Crippen molar-refractivity contribution in [3.05, 3.63) is 12.7 Å². The molecule has 0 aliphatic heterocycles. The summed E-state index contributed by atoms with van der Waals surface area (Å²) < 4.78 is 0. The van der Waals surface area contributed by atoms with Crippen LogP contribution in [-0.4, -0.2) is 18.9 Å². The van der Waals surface area contributed by atoms with Gasteiger partial charge in [0.1, 0.15) is 5.78 Å². The number of rotatable bonds is 5. The van der Waals surface area contributed by atoms with Gasteiger partial charge >= 0.3 is 0 Å². The maximum absolute atomic E-state index is 11.4. The number of hydrogen-bond donors (Lipinski definition) is 1. The van der Waals surface area contributed by atoms with Gasteiger partial charge in [-0.3, -0.25) is 4.79 Å². The molecule has 0 bridgehead atoms. The molecule has 0 unspecified atom stereocenters. The minimum Gasteiger partial charge on any atom is -0.307 e. The van der Waals surface area contributed by atoms with Gasteiger partial charge in [-0.15, -0.1) is 6.58 Å². The first-order valence-electron chi connectivity index (χ1n) is 4.69. The average molecular weight is 167 g/mol. The lowest BCUT2D eigenvalue weighted by Gasteiger charge is -2.07. The van der Waals surface area contributed by atoms with Crippen molar-refractivity contribution < 1.29 is 4.79 Å². The van der Waals surface area contributed by atoms with Crippen molar-refractivity contribution in [3.63, 3.8) is 0 Å². The Kier molecular flexibility index (Phi) is 4.01. The topological polar surface area (TPSA) is 29.1 Å². The smallest absolute Gasteiger partial charge is 0.149 e. The lowest BCUT2D eigenvalue weighted by molar-refractivity contribution is -0.121. The molecule has 0 aromatic carbocycles. The van der Waals surface area contributed by atoms with Crippen molar-refractivity contribution in [1.82, 2.24) is 5.32 Å². The van der Waals surface area contributed by atoms with Crippen molar-refractivity contribution in [2.75, 3.05) is 13.1 Å². The molecule has 0 atom stereocenters. The lowest BCUT2D eigenvalue weighted by atomic mass is 10.0. The molecule has 0 spiro atoms. The number of nitrogens with one attached hydrogen (secondary N) is 1. The maximum atomic E-state index is 11.4. The van der Waals surface area contributed by atoms with E-state index >= 15 is 0 Å². The van der Waals surface area contributed by atoms with Crippen LogP contribution in [0, 0.1) is 5.92 Å². The molecule has 68 valence electrons. The van der Waals surface area contributed by atoms with Crippen LogP contribution in [0.5, 0.6) is 0 Å². The van der Waals surface area contributed by atoms with E-state index in [0.29, 0.717) is 18.2 Å². The minimum atomic E-state index is 0.349. The summed E-state index contributed by atoms with van der Waals surface area (Å²) >= 11 is 0. The summed E-state index contributed by atoms with van der Waals surface area (Å²) in [7, 11) is 0. The quantitative estimate of drug-likeness (QED) is 0.497.